The molecule has 22 heavy (non-hydrogen) atoms. The van der Waals surface area contributed by atoms with Crippen LogP contribution in [0.15, 0.2) is 0 Å². The SMILES string of the molecule is CCCCC1(Cl)C(NCCC)CC(C)(C)CC1(Cl)NCCC. The van der Waals surface area contributed by atoms with E-state index in [4.69, 9.17) is 23.2 Å². The minimum atomic E-state index is -0.535. The van der Waals surface area contributed by atoms with Gasteiger partial charge in [0.2, 0.25) is 0 Å². The Morgan fingerprint density at radius 2 is 1.64 bits per heavy atom. The zero-order chi connectivity index (χ0) is 16.9. The van der Waals surface area contributed by atoms with Crippen LogP contribution in [0, 0.1) is 5.41 Å². The fraction of sp³-hybridized carbons (Fsp3) is 1.00. The molecule has 3 unspecified atom stereocenters. The summed E-state index contributed by atoms with van der Waals surface area (Å²) < 4.78 is 0. The second-order valence-electron chi connectivity index (χ2n) is 7.75. The molecule has 0 aromatic carbocycles. The van der Waals surface area contributed by atoms with Crippen LogP contribution in [0.25, 0.3) is 0 Å². The molecule has 3 atom stereocenters. The van der Waals surface area contributed by atoms with E-state index < -0.39 is 9.87 Å². The fourth-order valence-corrected chi connectivity index (χ4v) is 4.86. The summed E-state index contributed by atoms with van der Waals surface area (Å²) in [7, 11) is 0. The van der Waals surface area contributed by atoms with Crippen LogP contribution in [-0.2, 0) is 0 Å². The lowest BCUT2D eigenvalue weighted by Gasteiger charge is -2.56. The quantitative estimate of drug-likeness (QED) is 0.436. The zero-order valence-corrected chi connectivity index (χ0v) is 16.7. The summed E-state index contributed by atoms with van der Waals surface area (Å²) in [5, 5.41) is 7.30. The van der Waals surface area contributed by atoms with Gasteiger partial charge in [0, 0.05) is 6.04 Å². The molecule has 4 heteroatoms. The normalized spacial score (nSPS) is 34.8. The van der Waals surface area contributed by atoms with E-state index in [9.17, 15) is 0 Å². The van der Waals surface area contributed by atoms with E-state index >= 15 is 0 Å². The Bertz CT molecular complexity index is 335. The maximum atomic E-state index is 7.27. The first-order valence-electron chi connectivity index (χ1n) is 9.11. The van der Waals surface area contributed by atoms with Crippen molar-refractivity contribution in [2.75, 3.05) is 13.1 Å². The van der Waals surface area contributed by atoms with E-state index in [1.54, 1.807) is 0 Å². The Morgan fingerprint density at radius 3 is 2.18 bits per heavy atom. The van der Waals surface area contributed by atoms with E-state index in [1.807, 2.05) is 0 Å². The third-order valence-electron chi connectivity index (χ3n) is 4.88. The highest BCUT2D eigenvalue weighted by Crippen LogP contribution is 2.54. The van der Waals surface area contributed by atoms with Gasteiger partial charge in [-0.15, -0.1) is 23.2 Å². The van der Waals surface area contributed by atoms with Gasteiger partial charge in [0.25, 0.3) is 0 Å². The second kappa shape index (κ2) is 8.55. The van der Waals surface area contributed by atoms with Crippen LogP contribution >= 0.6 is 23.2 Å². The summed E-state index contributed by atoms with van der Waals surface area (Å²) in [5.74, 6) is 0. The zero-order valence-electron chi connectivity index (χ0n) is 15.2. The van der Waals surface area contributed by atoms with Gasteiger partial charge in [0.05, 0.1) is 4.87 Å². The maximum absolute atomic E-state index is 7.27. The third-order valence-corrected chi connectivity index (χ3v) is 6.36. The van der Waals surface area contributed by atoms with Crippen molar-refractivity contribution in [2.24, 2.45) is 5.41 Å². The van der Waals surface area contributed by atoms with E-state index in [2.05, 4.69) is 45.3 Å². The molecule has 1 fully saturated rings. The van der Waals surface area contributed by atoms with Crippen LogP contribution in [0.4, 0.5) is 0 Å². The molecule has 0 aromatic heterocycles. The molecule has 0 amide bonds. The number of nitrogens with one attached hydrogen (secondary N) is 2. The first-order chi connectivity index (χ1) is 10.2. The van der Waals surface area contributed by atoms with E-state index in [1.165, 1.54) is 0 Å². The molecular weight excluding hydrogens is 315 g/mol. The molecule has 0 aliphatic heterocycles. The highest BCUT2D eigenvalue weighted by Gasteiger charge is 2.59. The Balaban J connectivity index is 3.09. The summed E-state index contributed by atoms with van der Waals surface area (Å²) in [4.78, 5) is -0.961. The minimum Gasteiger partial charge on any atom is -0.312 e. The lowest BCUT2D eigenvalue weighted by atomic mass is 9.65. The molecule has 1 aliphatic rings. The maximum Gasteiger partial charge on any atom is 0.115 e. The van der Waals surface area contributed by atoms with Crippen molar-refractivity contribution in [3.05, 3.63) is 0 Å². The highest BCUT2D eigenvalue weighted by atomic mass is 35.5. The van der Waals surface area contributed by atoms with Crippen LogP contribution in [0.2, 0.25) is 0 Å². The summed E-state index contributed by atoms with van der Waals surface area (Å²) in [6, 6.07) is 0.256. The summed E-state index contributed by atoms with van der Waals surface area (Å²) in [6.45, 7) is 13.1. The Hall–Kier alpha value is 0.500. The summed E-state index contributed by atoms with van der Waals surface area (Å²) >= 11 is 14.4. The van der Waals surface area contributed by atoms with Gasteiger partial charge < -0.3 is 5.32 Å². The summed E-state index contributed by atoms with van der Waals surface area (Å²) in [6.07, 6.45) is 7.43. The van der Waals surface area contributed by atoms with Gasteiger partial charge >= 0.3 is 0 Å². The van der Waals surface area contributed by atoms with Crippen molar-refractivity contribution in [3.8, 4) is 0 Å². The molecular formula is C18H36Cl2N2. The standard InChI is InChI=1S/C18H36Cl2N2/c1-6-9-10-17(19)15(21-11-7-2)13-16(4,5)14-18(17,20)22-12-8-3/h15,21-22H,6-14H2,1-5H3. The van der Waals surface area contributed by atoms with Crippen LogP contribution in [-0.4, -0.2) is 29.0 Å². The van der Waals surface area contributed by atoms with E-state index in [0.717, 1.165) is 58.0 Å². The third kappa shape index (κ3) is 4.75. The van der Waals surface area contributed by atoms with Crippen LogP contribution < -0.4 is 10.6 Å². The number of halogens is 2. The first-order valence-corrected chi connectivity index (χ1v) is 9.86. The molecule has 1 saturated carbocycles. The number of rotatable bonds is 9. The molecule has 0 saturated heterocycles. The topological polar surface area (TPSA) is 24.1 Å². The Morgan fingerprint density at radius 1 is 1.00 bits per heavy atom. The molecule has 0 bridgehead atoms. The largest absolute Gasteiger partial charge is 0.312 e. The van der Waals surface area contributed by atoms with Gasteiger partial charge in [0.15, 0.2) is 0 Å². The van der Waals surface area contributed by atoms with Gasteiger partial charge in [-0.1, -0.05) is 47.5 Å². The summed E-state index contributed by atoms with van der Waals surface area (Å²) in [5.41, 5.74) is 0.193. The molecule has 2 N–H and O–H groups in total. The highest BCUT2D eigenvalue weighted by molar-refractivity contribution is 6.35. The number of unbranched alkanes of at least 4 members (excludes halogenated alkanes) is 1. The van der Waals surface area contributed by atoms with Gasteiger partial charge in [-0.05, 0) is 50.6 Å². The molecule has 0 aromatic rings. The van der Waals surface area contributed by atoms with Crippen LogP contribution in [0.3, 0.4) is 0 Å². The van der Waals surface area contributed by atoms with Gasteiger partial charge in [-0.3, -0.25) is 5.32 Å². The number of hydrogen-bond acceptors (Lipinski definition) is 2. The molecule has 132 valence electrons. The lowest BCUT2D eigenvalue weighted by Crippen LogP contribution is -2.70. The van der Waals surface area contributed by atoms with Crippen molar-refractivity contribution < 1.29 is 0 Å². The van der Waals surface area contributed by atoms with Gasteiger partial charge in [0.1, 0.15) is 5.00 Å². The van der Waals surface area contributed by atoms with Crippen molar-refractivity contribution in [3.63, 3.8) is 0 Å². The van der Waals surface area contributed by atoms with Gasteiger partial charge in [-0.2, -0.15) is 0 Å². The van der Waals surface area contributed by atoms with Gasteiger partial charge in [-0.25, -0.2) is 0 Å². The first kappa shape index (κ1) is 20.5. The fourth-order valence-electron chi connectivity index (χ4n) is 3.76. The number of hydrogen-bond donors (Lipinski definition) is 2. The Kier molecular flexibility index (Phi) is 7.99. The molecule has 0 radical (unpaired) electrons. The van der Waals surface area contributed by atoms with Crippen LogP contribution in [0.5, 0.6) is 0 Å². The lowest BCUT2D eigenvalue weighted by molar-refractivity contribution is 0.0879. The smallest absolute Gasteiger partial charge is 0.115 e. The molecule has 1 aliphatic carbocycles. The minimum absolute atomic E-state index is 0.193. The number of alkyl halides is 2. The van der Waals surface area contributed by atoms with Crippen molar-refractivity contribution in [2.45, 2.75) is 95.5 Å². The van der Waals surface area contributed by atoms with Crippen LogP contribution in [0.1, 0.15) is 79.6 Å². The molecule has 0 spiro atoms. The molecule has 2 nitrogen and oxygen atoms in total. The molecule has 0 heterocycles. The van der Waals surface area contributed by atoms with Crippen molar-refractivity contribution in [1.82, 2.24) is 10.6 Å². The Labute approximate surface area is 148 Å². The van der Waals surface area contributed by atoms with Crippen molar-refractivity contribution in [1.29, 1.82) is 0 Å². The predicted molar refractivity (Wildman–Crippen MR) is 100 cm³/mol. The van der Waals surface area contributed by atoms with Crippen molar-refractivity contribution >= 4 is 23.2 Å². The monoisotopic (exact) mass is 350 g/mol. The average Bonchev–Trinajstić information content (AvgIpc) is 2.45. The average molecular weight is 351 g/mol. The van der Waals surface area contributed by atoms with E-state index in [-0.39, 0.29) is 11.5 Å². The second-order valence-corrected chi connectivity index (χ2v) is 9.07. The predicted octanol–water partition coefficient (Wildman–Crippen LogP) is 5.28. The van der Waals surface area contributed by atoms with E-state index in [0.29, 0.717) is 0 Å². The molecule has 1 rings (SSSR count).